The van der Waals surface area contributed by atoms with E-state index in [1.54, 1.807) is 11.8 Å². The third-order valence-corrected chi connectivity index (χ3v) is 3.88. The van der Waals surface area contributed by atoms with Crippen molar-refractivity contribution in [3.63, 3.8) is 0 Å². The number of aromatic nitrogens is 4. The lowest BCUT2D eigenvalue weighted by atomic mass is 10.1. The van der Waals surface area contributed by atoms with Crippen LogP contribution in [0.25, 0.3) is 0 Å². The molecule has 0 aromatic carbocycles. The quantitative estimate of drug-likeness (QED) is 0.911. The van der Waals surface area contributed by atoms with Gasteiger partial charge in [0, 0.05) is 12.1 Å². The summed E-state index contributed by atoms with van der Waals surface area (Å²) in [7, 11) is 0. The third-order valence-electron chi connectivity index (χ3n) is 3.59. The van der Waals surface area contributed by atoms with Crippen LogP contribution in [-0.2, 0) is 16.0 Å². The van der Waals surface area contributed by atoms with Crippen LogP contribution in [0.2, 0.25) is 5.22 Å². The molecule has 2 aromatic heterocycles. The molecule has 1 atom stereocenters. The van der Waals surface area contributed by atoms with Gasteiger partial charge in [0.05, 0.1) is 25.3 Å². The molecule has 1 aliphatic rings. The minimum atomic E-state index is -0.318. The summed E-state index contributed by atoms with van der Waals surface area (Å²) in [5.41, 5.74) is 1.26. The van der Waals surface area contributed by atoms with Crippen molar-refractivity contribution in [2.45, 2.75) is 26.4 Å². The minimum Gasteiger partial charge on any atom is -0.366 e. The number of hydrogen-bond donors (Lipinski definition) is 1. The molecule has 1 N–H and O–H groups in total. The van der Waals surface area contributed by atoms with E-state index in [-0.39, 0.29) is 23.7 Å². The second kappa shape index (κ2) is 6.05. The molecular formula is C13H16ClN5O3. The molecule has 1 saturated heterocycles. The summed E-state index contributed by atoms with van der Waals surface area (Å²) in [6, 6.07) is 0. The monoisotopic (exact) mass is 325 g/mol. The second-order valence-corrected chi connectivity index (χ2v) is 5.52. The Labute approximate surface area is 131 Å². The summed E-state index contributed by atoms with van der Waals surface area (Å²) in [4.78, 5) is 18.4. The molecule has 1 fully saturated rings. The van der Waals surface area contributed by atoms with Gasteiger partial charge in [-0.2, -0.15) is 5.10 Å². The second-order valence-electron chi connectivity index (χ2n) is 5.18. The molecule has 0 bridgehead atoms. The lowest BCUT2D eigenvalue weighted by Crippen LogP contribution is -2.43. The Kier molecular flexibility index (Phi) is 4.12. The van der Waals surface area contributed by atoms with Crippen LogP contribution in [0.4, 0.5) is 0 Å². The number of nitrogens with one attached hydrogen (secondary N) is 1. The first kappa shape index (κ1) is 15.0. The van der Waals surface area contributed by atoms with Gasteiger partial charge in [-0.15, -0.1) is 0 Å². The number of nitrogens with zero attached hydrogens (tertiary/aromatic N) is 4. The molecule has 0 radical (unpaired) electrons. The Morgan fingerprint density at radius 2 is 2.32 bits per heavy atom. The average Bonchev–Trinajstić information content (AvgIpc) is 3.08. The fourth-order valence-corrected chi connectivity index (χ4v) is 2.60. The number of aryl methyl sites for hydroxylation is 2. The standard InChI is InChI=1S/C13H16ClN5O3/c1-7-9(12(14)22-18-7)5-11(20)19-3-4-21-10(6-19)13-15-8(2)16-17-13/h10H,3-6H2,1-2H3,(H,15,16,17)/t10-/m0/s1. The molecule has 1 aliphatic heterocycles. The first-order valence-corrected chi connectivity index (χ1v) is 7.31. The zero-order valence-corrected chi connectivity index (χ0v) is 13.1. The molecule has 8 nitrogen and oxygen atoms in total. The van der Waals surface area contributed by atoms with Gasteiger partial charge in [-0.25, -0.2) is 4.98 Å². The largest absolute Gasteiger partial charge is 0.366 e. The molecule has 3 rings (SSSR count). The van der Waals surface area contributed by atoms with E-state index < -0.39 is 0 Å². The maximum atomic E-state index is 12.4. The Balaban J connectivity index is 1.68. The van der Waals surface area contributed by atoms with Crippen LogP contribution in [0.15, 0.2) is 4.52 Å². The van der Waals surface area contributed by atoms with E-state index in [1.807, 2.05) is 6.92 Å². The van der Waals surface area contributed by atoms with E-state index in [1.165, 1.54) is 0 Å². The molecule has 22 heavy (non-hydrogen) atoms. The Morgan fingerprint density at radius 3 is 2.95 bits per heavy atom. The minimum absolute atomic E-state index is 0.0474. The normalized spacial score (nSPS) is 18.7. The van der Waals surface area contributed by atoms with Crippen LogP contribution < -0.4 is 0 Å². The van der Waals surface area contributed by atoms with E-state index in [9.17, 15) is 4.79 Å². The molecule has 118 valence electrons. The van der Waals surface area contributed by atoms with Gasteiger partial charge in [0.2, 0.25) is 11.1 Å². The van der Waals surface area contributed by atoms with E-state index in [2.05, 4.69) is 20.3 Å². The topological polar surface area (TPSA) is 97.1 Å². The van der Waals surface area contributed by atoms with Crippen LogP contribution in [0, 0.1) is 13.8 Å². The average molecular weight is 326 g/mol. The Bertz CT molecular complexity index is 664. The van der Waals surface area contributed by atoms with Gasteiger partial charge in [-0.1, -0.05) is 5.16 Å². The molecule has 1 amide bonds. The predicted molar refractivity (Wildman–Crippen MR) is 76.3 cm³/mol. The fraction of sp³-hybridized carbons (Fsp3) is 0.538. The first-order valence-electron chi connectivity index (χ1n) is 6.93. The number of halogens is 1. The maximum Gasteiger partial charge on any atom is 0.229 e. The van der Waals surface area contributed by atoms with E-state index >= 15 is 0 Å². The van der Waals surface area contributed by atoms with Gasteiger partial charge in [-0.05, 0) is 25.4 Å². The van der Waals surface area contributed by atoms with Crippen LogP contribution in [0.3, 0.4) is 0 Å². The van der Waals surface area contributed by atoms with Crippen LogP contribution in [0.1, 0.15) is 29.0 Å². The van der Waals surface area contributed by atoms with Crippen LogP contribution >= 0.6 is 11.6 Å². The number of morpholine rings is 1. The molecule has 3 heterocycles. The van der Waals surface area contributed by atoms with Gasteiger partial charge >= 0.3 is 0 Å². The van der Waals surface area contributed by atoms with Gasteiger partial charge in [-0.3, -0.25) is 9.89 Å². The summed E-state index contributed by atoms with van der Waals surface area (Å²) in [6.07, 6.45) is -0.157. The summed E-state index contributed by atoms with van der Waals surface area (Å²) in [6.45, 7) is 4.97. The predicted octanol–water partition coefficient (Wildman–Crippen LogP) is 1.21. The van der Waals surface area contributed by atoms with E-state index in [4.69, 9.17) is 20.9 Å². The smallest absolute Gasteiger partial charge is 0.229 e. The van der Waals surface area contributed by atoms with E-state index in [0.717, 1.165) is 0 Å². The molecule has 0 unspecified atom stereocenters. The summed E-state index contributed by atoms with van der Waals surface area (Å²) in [5, 5.41) is 10.8. The summed E-state index contributed by atoms with van der Waals surface area (Å²) in [5.74, 6) is 1.23. The van der Waals surface area contributed by atoms with Crippen molar-refractivity contribution < 1.29 is 14.1 Å². The summed E-state index contributed by atoms with van der Waals surface area (Å²) >= 11 is 5.91. The molecule has 0 saturated carbocycles. The van der Waals surface area contributed by atoms with Crippen molar-refractivity contribution in [2.75, 3.05) is 19.7 Å². The zero-order valence-electron chi connectivity index (χ0n) is 12.3. The van der Waals surface area contributed by atoms with Gasteiger partial charge in [0.15, 0.2) is 5.82 Å². The third kappa shape index (κ3) is 2.97. The van der Waals surface area contributed by atoms with E-state index in [0.29, 0.717) is 42.6 Å². The molecule has 0 spiro atoms. The van der Waals surface area contributed by atoms with Gasteiger partial charge in [0.25, 0.3) is 0 Å². The number of amides is 1. The number of aromatic amines is 1. The van der Waals surface area contributed by atoms with Crippen molar-refractivity contribution >= 4 is 17.5 Å². The lowest BCUT2D eigenvalue weighted by molar-refractivity contribution is -0.138. The fourth-order valence-electron chi connectivity index (χ4n) is 2.36. The Hall–Kier alpha value is -1.93. The molecule has 2 aromatic rings. The van der Waals surface area contributed by atoms with Gasteiger partial charge in [0.1, 0.15) is 11.9 Å². The first-order chi connectivity index (χ1) is 10.5. The molecular weight excluding hydrogens is 310 g/mol. The number of rotatable bonds is 3. The number of H-pyrrole nitrogens is 1. The summed E-state index contributed by atoms with van der Waals surface area (Å²) < 4.78 is 10.5. The lowest BCUT2D eigenvalue weighted by Gasteiger charge is -2.31. The van der Waals surface area contributed by atoms with Crippen LogP contribution in [-0.4, -0.2) is 50.8 Å². The molecule has 9 heteroatoms. The van der Waals surface area contributed by atoms with Crippen molar-refractivity contribution in [2.24, 2.45) is 0 Å². The Morgan fingerprint density at radius 1 is 1.50 bits per heavy atom. The number of ether oxygens (including phenoxy) is 1. The van der Waals surface area contributed by atoms with Crippen molar-refractivity contribution in [1.82, 2.24) is 25.2 Å². The van der Waals surface area contributed by atoms with Crippen LogP contribution in [0.5, 0.6) is 0 Å². The molecule has 0 aliphatic carbocycles. The highest BCUT2D eigenvalue weighted by molar-refractivity contribution is 6.29. The highest BCUT2D eigenvalue weighted by Gasteiger charge is 2.29. The van der Waals surface area contributed by atoms with Crippen molar-refractivity contribution in [3.05, 3.63) is 28.1 Å². The number of carbonyl (C=O) groups is 1. The van der Waals surface area contributed by atoms with Crippen molar-refractivity contribution in [3.8, 4) is 0 Å². The number of carbonyl (C=O) groups excluding carboxylic acids is 1. The SMILES string of the molecule is Cc1nc([C@@H]2CN(C(=O)Cc3c(C)noc3Cl)CCO2)n[nH]1. The highest BCUT2D eigenvalue weighted by atomic mass is 35.5. The number of hydrogen-bond acceptors (Lipinski definition) is 6. The van der Waals surface area contributed by atoms with Gasteiger partial charge < -0.3 is 14.2 Å². The highest BCUT2D eigenvalue weighted by Crippen LogP contribution is 2.23. The van der Waals surface area contributed by atoms with Crippen molar-refractivity contribution in [1.29, 1.82) is 0 Å². The zero-order chi connectivity index (χ0) is 15.7. The maximum absolute atomic E-state index is 12.4.